The molecule has 1 aromatic heterocycles. The van der Waals surface area contributed by atoms with Crippen LogP contribution in [0, 0.1) is 0 Å². The molecule has 1 aliphatic rings. The van der Waals surface area contributed by atoms with Crippen LogP contribution >= 0.6 is 11.3 Å². The highest BCUT2D eigenvalue weighted by molar-refractivity contribution is 7.14. The van der Waals surface area contributed by atoms with Gasteiger partial charge in [-0.25, -0.2) is 4.98 Å². The molecule has 2 heterocycles. The maximum atomic E-state index is 13.3. The first-order valence-corrected chi connectivity index (χ1v) is 10.8. The highest BCUT2D eigenvalue weighted by Crippen LogP contribution is 2.28. The molecule has 1 saturated heterocycles. The number of hydrogen-bond donors (Lipinski definition) is 0. The van der Waals surface area contributed by atoms with Gasteiger partial charge in [0, 0.05) is 42.6 Å². The number of carbonyl (C=O) groups is 2. The van der Waals surface area contributed by atoms with E-state index < -0.39 is 0 Å². The summed E-state index contributed by atoms with van der Waals surface area (Å²) in [4.78, 5) is 33.4. The van der Waals surface area contributed by atoms with Crippen LogP contribution in [0.4, 0.5) is 5.13 Å². The van der Waals surface area contributed by atoms with Gasteiger partial charge in [-0.05, 0) is 24.1 Å². The fourth-order valence-corrected chi connectivity index (χ4v) is 4.40. The van der Waals surface area contributed by atoms with Gasteiger partial charge in [0.25, 0.3) is 5.91 Å². The number of rotatable bonds is 7. The molecular formula is C24H23N3O2S. The minimum Gasteiger partial charge on any atom is -0.338 e. The molecule has 2 amide bonds. The van der Waals surface area contributed by atoms with E-state index in [4.69, 9.17) is 0 Å². The second kappa shape index (κ2) is 9.05. The van der Waals surface area contributed by atoms with Gasteiger partial charge >= 0.3 is 0 Å². The van der Waals surface area contributed by atoms with Gasteiger partial charge in [-0.2, -0.15) is 0 Å². The van der Waals surface area contributed by atoms with Crippen molar-refractivity contribution in [3.05, 3.63) is 83.8 Å². The number of benzene rings is 2. The Bertz CT molecular complexity index is 1060. The highest BCUT2D eigenvalue weighted by atomic mass is 32.1. The zero-order chi connectivity index (χ0) is 20.9. The number of likely N-dealkylation sites (tertiary alicyclic amines) is 1. The van der Waals surface area contributed by atoms with Gasteiger partial charge in [-0.3, -0.25) is 14.5 Å². The van der Waals surface area contributed by atoms with Crippen molar-refractivity contribution in [3.63, 3.8) is 0 Å². The number of carbonyl (C=O) groups excluding carboxylic acids is 2. The predicted octanol–water partition coefficient (Wildman–Crippen LogP) is 4.77. The molecule has 3 aromatic rings. The Kier molecular flexibility index (Phi) is 6.05. The molecule has 2 aromatic carbocycles. The quantitative estimate of drug-likeness (QED) is 0.521. The minimum atomic E-state index is -0.126. The summed E-state index contributed by atoms with van der Waals surface area (Å²) in [6.45, 7) is 5.49. The smallest absolute Gasteiger partial charge is 0.260 e. The first kappa shape index (κ1) is 20.0. The molecule has 0 radical (unpaired) electrons. The number of hydrogen-bond acceptors (Lipinski definition) is 4. The van der Waals surface area contributed by atoms with Crippen molar-refractivity contribution in [2.45, 2.75) is 19.4 Å². The van der Waals surface area contributed by atoms with Gasteiger partial charge in [-0.15, -0.1) is 17.9 Å². The van der Waals surface area contributed by atoms with Crippen LogP contribution in [0.3, 0.4) is 0 Å². The second-order valence-corrected chi connectivity index (χ2v) is 8.04. The summed E-state index contributed by atoms with van der Waals surface area (Å²) in [7, 11) is 0. The number of nitrogens with zero attached hydrogens (tertiary/aromatic N) is 3. The third-order valence-electron chi connectivity index (χ3n) is 5.07. The van der Waals surface area contributed by atoms with Crippen LogP contribution in [0.15, 0.2) is 72.6 Å². The van der Waals surface area contributed by atoms with E-state index in [9.17, 15) is 9.59 Å². The van der Waals surface area contributed by atoms with Gasteiger partial charge < -0.3 is 4.90 Å². The lowest BCUT2D eigenvalue weighted by molar-refractivity contribution is -0.128. The van der Waals surface area contributed by atoms with Crippen molar-refractivity contribution in [1.29, 1.82) is 0 Å². The summed E-state index contributed by atoms with van der Waals surface area (Å²) in [5.74, 6) is 0.0506. The Labute approximate surface area is 180 Å². The van der Waals surface area contributed by atoms with Crippen LogP contribution in [0.1, 0.15) is 28.8 Å². The monoisotopic (exact) mass is 417 g/mol. The van der Waals surface area contributed by atoms with Crippen LogP contribution in [0.5, 0.6) is 0 Å². The Morgan fingerprint density at radius 1 is 1.20 bits per heavy atom. The van der Waals surface area contributed by atoms with Crippen LogP contribution in [0.2, 0.25) is 0 Å². The lowest BCUT2D eigenvalue weighted by Gasteiger charge is -2.19. The molecule has 0 saturated carbocycles. The van der Waals surface area contributed by atoms with Crippen LogP contribution < -0.4 is 4.90 Å². The van der Waals surface area contributed by atoms with Crippen molar-refractivity contribution in [3.8, 4) is 11.3 Å². The van der Waals surface area contributed by atoms with E-state index in [1.54, 1.807) is 17.0 Å². The van der Waals surface area contributed by atoms with Crippen molar-refractivity contribution in [2.24, 2.45) is 0 Å². The Morgan fingerprint density at radius 3 is 2.77 bits per heavy atom. The van der Waals surface area contributed by atoms with E-state index in [0.717, 1.165) is 29.8 Å². The normalized spacial score (nSPS) is 13.5. The standard InChI is InChI=1S/C24H23N3O2S/c1-2-13-27(24-25-21(17-30-24)19-9-4-3-5-10-19)23(29)20-11-6-8-18(15-20)16-26-14-7-12-22(26)28/h2-6,8-11,15,17H,1,7,12-14,16H2. The summed E-state index contributed by atoms with van der Waals surface area (Å²) >= 11 is 1.44. The number of anilines is 1. The third-order valence-corrected chi connectivity index (χ3v) is 5.93. The SMILES string of the molecule is C=CCN(C(=O)c1cccc(CN2CCCC2=O)c1)c1nc(-c2ccccc2)cs1. The summed E-state index contributed by atoms with van der Waals surface area (Å²) in [6, 6.07) is 17.4. The molecule has 1 aliphatic heterocycles. The molecule has 0 N–H and O–H groups in total. The Balaban J connectivity index is 1.57. The molecule has 0 unspecified atom stereocenters. The zero-order valence-electron chi connectivity index (χ0n) is 16.7. The predicted molar refractivity (Wildman–Crippen MR) is 121 cm³/mol. The third kappa shape index (κ3) is 4.33. The fraction of sp³-hybridized carbons (Fsp3) is 0.208. The van der Waals surface area contributed by atoms with E-state index in [-0.39, 0.29) is 11.8 Å². The minimum absolute atomic E-state index is 0.126. The maximum absolute atomic E-state index is 13.3. The molecule has 30 heavy (non-hydrogen) atoms. The van der Waals surface area contributed by atoms with Crippen molar-refractivity contribution in [1.82, 2.24) is 9.88 Å². The summed E-state index contributed by atoms with van der Waals surface area (Å²) in [5, 5.41) is 2.60. The van der Waals surface area contributed by atoms with Gasteiger partial charge in [0.1, 0.15) is 0 Å². The number of aromatic nitrogens is 1. The molecule has 4 rings (SSSR count). The lowest BCUT2D eigenvalue weighted by atomic mass is 10.1. The van der Waals surface area contributed by atoms with E-state index in [2.05, 4.69) is 11.6 Å². The largest absolute Gasteiger partial charge is 0.338 e. The summed E-state index contributed by atoms with van der Waals surface area (Å²) in [5.41, 5.74) is 3.40. The fourth-order valence-electron chi connectivity index (χ4n) is 3.56. The first-order valence-electron chi connectivity index (χ1n) is 9.96. The van der Waals surface area contributed by atoms with Crippen molar-refractivity contribution in [2.75, 3.05) is 18.0 Å². The molecular weight excluding hydrogens is 394 g/mol. The van der Waals surface area contributed by atoms with Gasteiger partial charge in [0.05, 0.1) is 5.69 Å². The van der Waals surface area contributed by atoms with Crippen LogP contribution in [-0.2, 0) is 11.3 Å². The average molecular weight is 418 g/mol. The molecule has 152 valence electrons. The Morgan fingerprint density at radius 2 is 2.03 bits per heavy atom. The van der Waals surface area contributed by atoms with Gasteiger partial charge in [0.15, 0.2) is 5.13 Å². The highest BCUT2D eigenvalue weighted by Gasteiger charge is 2.22. The topological polar surface area (TPSA) is 53.5 Å². The second-order valence-electron chi connectivity index (χ2n) is 7.21. The van der Waals surface area contributed by atoms with Gasteiger partial charge in [-0.1, -0.05) is 48.5 Å². The number of thiazole rings is 1. The number of amides is 2. The van der Waals surface area contributed by atoms with E-state index >= 15 is 0 Å². The molecule has 0 aliphatic carbocycles. The van der Waals surface area contributed by atoms with E-state index in [0.29, 0.717) is 30.2 Å². The maximum Gasteiger partial charge on any atom is 0.260 e. The molecule has 0 bridgehead atoms. The average Bonchev–Trinajstić information content (AvgIpc) is 3.42. The Hall–Kier alpha value is -3.25. The molecule has 0 atom stereocenters. The van der Waals surface area contributed by atoms with Crippen molar-refractivity contribution < 1.29 is 9.59 Å². The molecule has 6 heteroatoms. The zero-order valence-corrected chi connectivity index (χ0v) is 17.5. The van der Waals surface area contributed by atoms with E-state index in [1.165, 1.54) is 11.3 Å². The van der Waals surface area contributed by atoms with Crippen LogP contribution in [-0.4, -0.2) is 34.8 Å². The molecule has 1 fully saturated rings. The van der Waals surface area contributed by atoms with Crippen molar-refractivity contribution >= 4 is 28.3 Å². The lowest BCUT2D eigenvalue weighted by Crippen LogP contribution is -2.31. The summed E-state index contributed by atoms with van der Waals surface area (Å²) < 4.78 is 0. The summed E-state index contributed by atoms with van der Waals surface area (Å²) in [6.07, 6.45) is 3.21. The molecule has 0 spiro atoms. The van der Waals surface area contributed by atoms with E-state index in [1.807, 2.05) is 58.8 Å². The van der Waals surface area contributed by atoms with Gasteiger partial charge in [0.2, 0.25) is 5.91 Å². The first-order chi connectivity index (χ1) is 14.7. The molecule has 5 nitrogen and oxygen atoms in total. The van der Waals surface area contributed by atoms with Crippen LogP contribution in [0.25, 0.3) is 11.3 Å².